The van der Waals surface area contributed by atoms with Crippen LogP contribution in [-0.4, -0.2) is 48.5 Å². The Morgan fingerprint density at radius 3 is 2.85 bits per heavy atom. The van der Waals surface area contributed by atoms with Gasteiger partial charge in [0, 0.05) is 25.8 Å². The molecule has 2 rings (SSSR count). The minimum atomic E-state index is -0.504. The van der Waals surface area contributed by atoms with Gasteiger partial charge in [-0.3, -0.25) is 4.79 Å². The van der Waals surface area contributed by atoms with Gasteiger partial charge in [0.25, 0.3) is 0 Å². The van der Waals surface area contributed by atoms with Crippen LogP contribution in [0.25, 0.3) is 0 Å². The van der Waals surface area contributed by atoms with Crippen LogP contribution in [0.15, 0.2) is 12.3 Å². The average Bonchev–Trinajstić information content (AvgIpc) is 2.65. The first-order chi connectivity index (χ1) is 9.61. The topological polar surface area (TPSA) is 62.5 Å². The van der Waals surface area contributed by atoms with Crippen molar-refractivity contribution in [3.05, 3.63) is 22.8 Å². The van der Waals surface area contributed by atoms with Crippen LogP contribution in [0.3, 0.4) is 0 Å². The Morgan fingerprint density at radius 2 is 2.20 bits per heavy atom. The summed E-state index contributed by atoms with van der Waals surface area (Å²) in [5.41, 5.74) is 5.58. The van der Waals surface area contributed by atoms with E-state index in [2.05, 4.69) is 21.7 Å². The van der Waals surface area contributed by atoms with Crippen molar-refractivity contribution in [3.8, 4) is 0 Å². The van der Waals surface area contributed by atoms with Crippen molar-refractivity contribution in [2.24, 2.45) is 5.73 Å². The van der Waals surface area contributed by atoms with Crippen molar-refractivity contribution in [1.82, 2.24) is 9.88 Å². The van der Waals surface area contributed by atoms with Gasteiger partial charge in [0.1, 0.15) is 5.82 Å². The van der Waals surface area contributed by atoms with Gasteiger partial charge in [-0.05, 0) is 32.0 Å². The average molecular weight is 297 g/mol. The van der Waals surface area contributed by atoms with Crippen molar-refractivity contribution >= 4 is 23.3 Å². The van der Waals surface area contributed by atoms with Gasteiger partial charge in [0.05, 0.1) is 10.6 Å². The first-order valence-electron chi connectivity index (χ1n) is 7.04. The zero-order valence-corrected chi connectivity index (χ0v) is 12.6. The number of carbonyl (C=O) groups excluding carboxylic acids is 1. The minimum absolute atomic E-state index is 0.348. The third-order valence-electron chi connectivity index (χ3n) is 3.53. The molecule has 1 aliphatic rings. The van der Waals surface area contributed by atoms with E-state index in [1.165, 1.54) is 12.6 Å². The molecule has 1 aromatic rings. The number of nitrogens with zero attached hydrogens (tertiary/aromatic N) is 3. The van der Waals surface area contributed by atoms with E-state index < -0.39 is 5.91 Å². The van der Waals surface area contributed by atoms with Gasteiger partial charge in [-0.1, -0.05) is 18.5 Å². The Kier molecular flexibility index (Phi) is 5.20. The summed E-state index contributed by atoms with van der Waals surface area (Å²) in [7, 11) is 0. The summed E-state index contributed by atoms with van der Waals surface area (Å²) in [5.74, 6) is 0.242. The number of primary amides is 1. The number of rotatable bonds is 4. The molecule has 1 fully saturated rings. The fourth-order valence-corrected chi connectivity index (χ4v) is 2.81. The summed E-state index contributed by atoms with van der Waals surface area (Å²) in [5, 5.41) is 0.491. The van der Waals surface area contributed by atoms with Gasteiger partial charge in [0.15, 0.2) is 0 Å². The molecule has 0 spiro atoms. The fourth-order valence-electron chi connectivity index (χ4n) is 2.52. The van der Waals surface area contributed by atoms with Gasteiger partial charge in [0.2, 0.25) is 5.91 Å². The number of hydrogen-bond donors (Lipinski definition) is 1. The SMILES string of the molecule is CCCN1CCCN(c2ncc(C(N)=O)cc2Cl)CC1. The molecule has 0 bridgehead atoms. The summed E-state index contributed by atoms with van der Waals surface area (Å²) in [6.45, 7) is 7.30. The molecule has 0 unspecified atom stereocenters. The highest BCUT2D eigenvalue weighted by molar-refractivity contribution is 6.33. The molecule has 1 saturated heterocycles. The van der Waals surface area contributed by atoms with Crippen LogP contribution in [-0.2, 0) is 0 Å². The molecule has 2 N–H and O–H groups in total. The first-order valence-corrected chi connectivity index (χ1v) is 7.42. The quantitative estimate of drug-likeness (QED) is 0.919. The van der Waals surface area contributed by atoms with Crippen LogP contribution >= 0.6 is 11.6 Å². The molecule has 1 aliphatic heterocycles. The predicted octanol–water partition coefficient (Wildman–Crippen LogP) is 1.76. The standard InChI is InChI=1S/C14H21ClN4O/c1-2-4-18-5-3-6-19(8-7-18)14-12(15)9-11(10-17-14)13(16)20/h9-10H,2-8H2,1H3,(H2,16,20). The van der Waals surface area contributed by atoms with E-state index in [9.17, 15) is 4.79 Å². The molecule has 110 valence electrons. The number of hydrogen-bond acceptors (Lipinski definition) is 4. The van der Waals surface area contributed by atoms with E-state index in [4.69, 9.17) is 17.3 Å². The maximum absolute atomic E-state index is 11.1. The first kappa shape index (κ1) is 15.1. The Hall–Kier alpha value is -1.33. The molecular weight excluding hydrogens is 276 g/mol. The summed E-state index contributed by atoms with van der Waals surface area (Å²) < 4.78 is 0. The van der Waals surface area contributed by atoms with Crippen LogP contribution in [0.1, 0.15) is 30.1 Å². The Balaban J connectivity index is 2.09. The maximum Gasteiger partial charge on any atom is 0.250 e. The van der Waals surface area contributed by atoms with Crippen molar-refractivity contribution in [3.63, 3.8) is 0 Å². The number of pyridine rings is 1. The second kappa shape index (κ2) is 6.90. The van der Waals surface area contributed by atoms with Gasteiger partial charge in [-0.25, -0.2) is 4.98 Å². The van der Waals surface area contributed by atoms with Crippen LogP contribution in [0.4, 0.5) is 5.82 Å². The van der Waals surface area contributed by atoms with E-state index in [-0.39, 0.29) is 0 Å². The summed E-state index contributed by atoms with van der Waals surface area (Å²) >= 11 is 6.23. The third-order valence-corrected chi connectivity index (χ3v) is 3.81. The van der Waals surface area contributed by atoms with E-state index in [0.29, 0.717) is 10.6 Å². The number of amides is 1. The molecule has 6 heteroatoms. The lowest BCUT2D eigenvalue weighted by molar-refractivity contribution is 0.1000. The molecule has 0 radical (unpaired) electrons. The zero-order chi connectivity index (χ0) is 14.5. The Bertz CT molecular complexity index is 480. The zero-order valence-electron chi connectivity index (χ0n) is 11.8. The normalized spacial score (nSPS) is 17.0. The predicted molar refractivity (Wildman–Crippen MR) is 81.3 cm³/mol. The second-order valence-electron chi connectivity index (χ2n) is 5.08. The fraction of sp³-hybridized carbons (Fsp3) is 0.571. The van der Waals surface area contributed by atoms with E-state index in [0.717, 1.165) is 45.0 Å². The van der Waals surface area contributed by atoms with Gasteiger partial charge in [-0.15, -0.1) is 0 Å². The maximum atomic E-state index is 11.1. The highest BCUT2D eigenvalue weighted by Crippen LogP contribution is 2.25. The van der Waals surface area contributed by atoms with Gasteiger partial charge >= 0.3 is 0 Å². The lowest BCUT2D eigenvalue weighted by atomic mass is 10.2. The molecule has 0 aliphatic carbocycles. The number of nitrogens with two attached hydrogens (primary N) is 1. The highest BCUT2D eigenvalue weighted by atomic mass is 35.5. The van der Waals surface area contributed by atoms with Crippen molar-refractivity contribution < 1.29 is 4.79 Å². The van der Waals surface area contributed by atoms with Crippen LogP contribution < -0.4 is 10.6 Å². The van der Waals surface area contributed by atoms with Crippen molar-refractivity contribution in [2.75, 3.05) is 37.6 Å². The summed E-state index contributed by atoms with van der Waals surface area (Å²) in [6, 6.07) is 1.60. The van der Waals surface area contributed by atoms with Gasteiger partial charge < -0.3 is 15.5 Å². The van der Waals surface area contributed by atoms with E-state index >= 15 is 0 Å². The third kappa shape index (κ3) is 3.61. The molecule has 0 saturated carbocycles. The second-order valence-corrected chi connectivity index (χ2v) is 5.48. The molecule has 1 aromatic heterocycles. The van der Waals surface area contributed by atoms with E-state index in [1.54, 1.807) is 6.07 Å². The Labute approximate surface area is 124 Å². The monoisotopic (exact) mass is 296 g/mol. The molecular formula is C14H21ClN4O. The number of aromatic nitrogens is 1. The number of anilines is 1. The Morgan fingerprint density at radius 1 is 1.40 bits per heavy atom. The number of carbonyl (C=O) groups is 1. The molecule has 5 nitrogen and oxygen atoms in total. The van der Waals surface area contributed by atoms with Crippen LogP contribution in [0.2, 0.25) is 5.02 Å². The van der Waals surface area contributed by atoms with Crippen LogP contribution in [0, 0.1) is 0 Å². The van der Waals surface area contributed by atoms with Gasteiger partial charge in [-0.2, -0.15) is 0 Å². The summed E-state index contributed by atoms with van der Waals surface area (Å²) in [4.78, 5) is 20.1. The largest absolute Gasteiger partial charge is 0.366 e. The molecule has 2 heterocycles. The molecule has 0 atom stereocenters. The van der Waals surface area contributed by atoms with E-state index in [1.807, 2.05) is 0 Å². The molecule has 0 aromatic carbocycles. The van der Waals surface area contributed by atoms with Crippen LogP contribution in [0.5, 0.6) is 0 Å². The van der Waals surface area contributed by atoms with Crippen molar-refractivity contribution in [2.45, 2.75) is 19.8 Å². The lowest BCUT2D eigenvalue weighted by Gasteiger charge is -2.23. The van der Waals surface area contributed by atoms with Crippen molar-refractivity contribution in [1.29, 1.82) is 0 Å². The molecule has 1 amide bonds. The minimum Gasteiger partial charge on any atom is -0.366 e. The molecule has 20 heavy (non-hydrogen) atoms. The number of halogens is 1. The summed E-state index contributed by atoms with van der Waals surface area (Å²) in [6.07, 6.45) is 3.76. The highest BCUT2D eigenvalue weighted by Gasteiger charge is 2.18. The lowest BCUT2D eigenvalue weighted by Crippen LogP contribution is -2.31. The smallest absolute Gasteiger partial charge is 0.250 e.